The monoisotopic (exact) mass is 514 g/mol. The van der Waals surface area contributed by atoms with Gasteiger partial charge in [-0.1, -0.05) is 139 Å². The predicted octanol–water partition coefficient (Wildman–Crippen LogP) is 11.2. The molecule has 0 heterocycles. The number of benzene rings is 3. The van der Waals surface area contributed by atoms with Gasteiger partial charge in [0.1, 0.15) is 5.75 Å². The minimum Gasteiger partial charge on any atom is -0.494 e. The zero-order chi connectivity index (χ0) is 26.8. The smallest absolute Gasteiger partial charge is 0.119 e. The van der Waals surface area contributed by atoms with Gasteiger partial charge in [0.25, 0.3) is 0 Å². The van der Waals surface area contributed by atoms with Crippen molar-refractivity contribution in [2.75, 3.05) is 13.2 Å². The highest BCUT2D eigenvalue weighted by Crippen LogP contribution is 2.33. The lowest BCUT2D eigenvalue weighted by molar-refractivity contribution is 0.0627. The van der Waals surface area contributed by atoms with Crippen molar-refractivity contribution >= 4 is 0 Å². The van der Waals surface area contributed by atoms with E-state index in [1.54, 1.807) is 0 Å². The standard InChI is InChI=1S/C36H50O2/c1-4-6-8-10-11-12-13-17-28-37-30(3)31-20-22-32(23-21-31)35-18-14-15-19-36(35)33-24-26-34(27-25-33)38-29-16-9-7-5-2/h14-15,18-27,30H,4-13,16-17,28-29H2,1-3H3. The molecule has 38 heavy (non-hydrogen) atoms. The van der Waals surface area contributed by atoms with Crippen molar-refractivity contribution in [3.8, 4) is 28.0 Å². The molecule has 0 saturated carbocycles. The van der Waals surface area contributed by atoms with Crippen LogP contribution >= 0.6 is 0 Å². The molecular formula is C36H50O2. The highest BCUT2D eigenvalue weighted by molar-refractivity contribution is 5.83. The molecule has 1 atom stereocenters. The van der Waals surface area contributed by atoms with Crippen molar-refractivity contribution in [3.63, 3.8) is 0 Å². The van der Waals surface area contributed by atoms with Crippen LogP contribution < -0.4 is 4.74 Å². The Morgan fingerprint density at radius 3 is 1.58 bits per heavy atom. The molecule has 0 aromatic heterocycles. The molecule has 0 saturated heterocycles. The maximum absolute atomic E-state index is 6.16. The molecule has 0 aliphatic carbocycles. The topological polar surface area (TPSA) is 18.5 Å². The third-order valence-corrected chi connectivity index (χ3v) is 7.42. The van der Waals surface area contributed by atoms with Crippen LogP contribution in [0.15, 0.2) is 72.8 Å². The zero-order valence-corrected chi connectivity index (χ0v) is 24.2. The van der Waals surface area contributed by atoms with E-state index in [0.717, 1.165) is 31.8 Å². The molecule has 3 aromatic rings. The van der Waals surface area contributed by atoms with Crippen molar-refractivity contribution in [1.29, 1.82) is 0 Å². The van der Waals surface area contributed by atoms with Crippen molar-refractivity contribution in [1.82, 2.24) is 0 Å². The summed E-state index contributed by atoms with van der Waals surface area (Å²) in [5, 5.41) is 0. The van der Waals surface area contributed by atoms with Gasteiger partial charge >= 0.3 is 0 Å². The zero-order valence-electron chi connectivity index (χ0n) is 24.2. The molecule has 0 N–H and O–H groups in total. The largest absolute Gasteiger partial charge is 0.494 e. The molecule has 0 aliphatic rings. The van der Waals surface area contributed by atoms with E-state index in [1.165, 1.54) is 92.0 Å². The summed E-state index contributed by atoms with van der Waals surface area (Å²) in [4.78, 5) is 0. The Kier molecular flexibility index (Phi) is 14.1. The number of ether oxygens (including phenoxy) is 2. The SMILES string of the molecule is CCCCCCCCCCOC(C)c1ccc(-c2ccccc2-c2ccc(OCCCCCC)cc2)cc1. The van der Waals surface area contributed by atoms with Crippen molar-refractivity contribution in [2.24, 2.45) is 0 Å². The van der Waals surface area contributed by atoms with Crippen LogP contribution in [0.3, 0.4) is 0 Å². The second-order valence-corrected chi connectivity index (χ2v) is 10.6. The Morgan fingerprint density at radius 2 is 1.00 bits per heavy atom. The van der Waals surface area contributed by atoms with E-state index in [0.29, 0.717) is 0 Å². The summed E-state index contributed by atoms with van der Waals surface area (Å²) in [7, 11) is 0. The first-order valence-corrected chi connectivity index (χ1v) is 15.3. The van der Waals surface area contributed by atoms with Crippen molar-refractivity contribution in [3.05, 3.63) is 78.4 Å². The first-order valence-electron chi connectivity index (χ1n) is 15.3. The molecule has 0 radical (unpaired) electrons. The van der Waals surface area contributed by atoms with Gasteiger partial charge < -0.3 is 9.47 Å². The lowest BCUT2D eigenvalue weighted by Gasteiger charge is -2.15. The number of unbranched alkanes of at least 4 members (excludes halogenated alkanes) is 10. The minimum atomic E-state index is 0.123. The van der Waals surface area contributed by atoms with Crippen LogP contribution in [0.1, 0.15) is 109 Å². The number of rotatable bonds is 19. The average Bonchev–Trinajstić information content (AvgIpc) is 2.96. The van der Waals surface area contributed by atoms with E-state index < -0.39 is 0 Å². The van der Waals surface area contributed by atoms with Crippen LogP contribution in [-0.2, 0) is 4.74 Å². The highest BCUT2D eigenvalue weighted by atomic mass is 16.5. The summed E-state index contributed by atoms with van der Waals surface area (Å²) in [6, 6.07) is 26.1. The Labute approximate surface area is 232 Å². The number of hydrogen-bond acceptors (Lipinski definition) is 2. The third-order valence-electron chi connectivity index (χ3n) is 7.42. The van der Waals surface area contributed by atoms with Gasteiger partial charge in [0.05, 0.1) is 12.7 Å². The summed E-state index contributed by atoms with van der Waals surface area (Å²) >= 11 is 0. The van der Waals surface area contributed by atoms with Gasteiger partial charge in [0, 0.05) is 6.61 Å². The summed E-state index contributed by atoms with van der Waals surface area (Å²) in [6.07, 6.45) is 15.7. The van der Waals surface area contributed by atoms with E-state index in [9.17, 15) is 0 Å². The van der Waals surface area contributed by atoms with Crippen molar-refractivity contribution in [2.45, 2.75) is 104 Å². The molecule has 0 amide bonds. The van der Waals surface area contributed by atoms with Gasteiger partial charge in [-0.15, -0.1) is 0 Å². The van der Waals surface area contributed by atoms with Crippen LogP contribution in [0.5, 0.6) is 5.75 Å². The van der Waals surface area contributed by atoms with Gasteiger partial charge in [-0.3, -0.25) is 0 Å². The summed E-state index contributed by atoms with van der Waals surface area (Å²) in [5.74, 6) is 0.952. The quantitative estimate of drug-likeness (QED) is 0.148. The average molecular weight is 515 g/mol. The summed E-state index contributed by atoms with van der Waals surface area (Å²) < 4.78 is 12.1. The van der Waals surface area contributed by atoms with Crippen molar-refractivity contribution < 1.29 is 9.47 Å². The number of hydrogen-bond donors (Lipinski definition) is 0. The van der Waals surface area contributed by atoms with Gasteiger partial charge in [-0.2, -0.15) is 0 Å². The molecule has 206 valence electrons. The second kappa shape index (κ2) is 17.8. The fourth-order valence-corrected chi connectivity index (χ4v) is 4.96. The van der Waals surface area contributed by atoms with Gasteiger partial charge in [-0.25, -0.2) is 0 Å². The molecule has 0 aliphatic heterocycles. The third kappa shape index (κ3) is 10.3. The Morgan fingerprint density at radius 1 is 0.526 bits per heavy atom. The maximum Gasteiger partial charge on any atom is 0.119 e. The molecule has 0 fully saturated rings. The molecule has 0 bridgehead atoms. The Hall–Kier alpha value is -2.58. The van der Waals surface area contributed by atoms with Gasteiger partial charge in [0.15, 0.2) is 0 Å². The normalized spacial score (nSPS) is 12.0. The predicted molar refractivity (Wildman–Crippen MR) is 164 cm³/mol. The second-order valence-electron chi connectivity index (χ2n) is 10.6. The molecule has 3 aromatic carbocycles. The molecule has 3 rings (SSSR count). The summed E-state index contributed by atoms with van der Waals surface area (Å²) in [5.41, 5.74) is 6.18. The van der Waals surface area contributed by atoms with E-state index in [2.05, 4.69) is 93.6 Å². The molecule has 2 nitrogen and oxygen atoms in total. The molecular weight excluding hydrogens is 464 g/mol. The Balaban J connectivity index is 1.51. The van der Waals surface area contributed by atoms with Crippen LogP contribution in [0.25, 0.3) is 22.3 Å². The minimum absolute atomic E-state index is 0.123. The van der Waals surface area contributed by atoms with E-state index in [-0.39, 0.29) is 6.10 Å². The first-order chi connectivity index (χ1) is 18.7. The first kappa shape index (κ1) is 30.0. The van der Waals surface area contributed by atoms with Crippen LogP contribution in [0.2, 0.25) is 0 Å². The van der Waals surface area contributed by atoms with Gasteiger partial charge in [-0.05, 0) is 59.7 Å². The Bertz CT molecular complexity index is 1010. The fourth-order valence-electron chi connectivity index (χ4n) is 4.96. The van der Waals surface area contributed by atoms with E-state index >= 15 is 0 Å². The highest BCUT2D eigenvalue weighted by Gasteiger charge is 2.10. The molecule has 2 heteroatoms. The maximum atomic E-state index is 6.16. The molecule has 0 spiro atoms. The van der Waals surface area contributed by atoms with Gasteiger partial charge in [0.2, 0.25) is 0 Å². The fraction of sp³-hybridized carbons (Fsp3) is 0.500. The van der Waals surface area contributed by atoms with Crippen LogP contribution in [-0.4, -0.2) is 13.2 Å². The molecule has 1 unspecified atom stereocenters. The lowest BCUT2D eigenvalue weighted by atomic mass is 9.94. The summed E-state index contributed by atoms with van der Waals surface area (Å²) in [6.45, 7) is 8.32. The van der Waals surface area contributed by atoms with Crippen LogP contribution in [0.4, 0.5) is 0 Å². The van der Waals surface area contributed by atoms with E-state index in [1.807, 2.05) is 0 Å². The van der Waals surface area contributed by atoms with E-state index in [4.69, 9.17) is 9.47 Å². The van der Waals surface area contributed by atoms with Crippen LogP contribution in [0, 0.1) is 0 Å². The lowest BCUT2D eigenvalue weighted by Crippen LogP contribution is -2.02.